The standard InChI is InChI=1S/C18H20N2O3/c1-22-14-9-8-13(10-15(14)23-2)17-16(19)18(21)20(17)11-12-6-4-3-5-7-12/h3-10,16-17H,11,19H2,1-2H3/t16-,17+/m0/s1. The van der Waals surface area contributed by atoms with E-state index in [2.05, 4.69) is 0 Å². The number of carbonyl (C=O) groups excluding carboxylic acids is 1. The number of nitrogens with zero attached hydrogens (tertiary/aromatic N) is 1. The summed E-state index contributed by atoms with van der Waals surface area (Å²) in [6.45, 7) is 0.548. The fourth-order valence-electron chi connectivity index (χ4n) is 2.96. The Labute approximate surface area is 135 Å². The SMILES string of the molecule is COc1ccc([C@@H]2[C@H](N)C(=O)N2Cc2ccccc2)cc1OC. The predicted molar refractivity (Wildman–Crippen MR) is 87.3 cm³/mol. The summed E-state index contributed by atoms with van der Waals surface area (Å²) in [5, 5.41) is 0. The van der Waals surface area contributed by atoms with Crippen molar-refractivity contribution < 1.29 is 14.3 Å². The zero-order valence-corrected chi connectivity index (χ0v) is 13.2. The number of carbonyl (C=O) groups is 1. The van der Waals surface area contributed by atoms with Crippen molar-refractivity contribution in [1.82, 2.24) is 4.90 Å². The van der Waals surface area contributed by atoms with E-state index in [9.17, 15) is 4.79 Å². The van der Waals surface area contributed by atoms with E-state index in [0.717, 1.165) is 11.1 Å². The largest absolute Gasteiger partial charge is 0.493 e. The van der Waals surface area contributed by atoms with Gasteiger partial charge in [0.25, 0.3) is 0 Å². The van der Waals surface area contributed by atoms with Gasteiger partial charge in [0, 0.05) is 6.54 Å². The molecule has 1 fully saturated rings. The molecular weight excluding hydrogens is 292 g/mol. The monoisotopic (exact) mass is 312 g/mol. The number of hydrogen-bond acceptors (Lipinski definition) is 4. The summed E-state index contributed by atoms with van der Waals surface area (Å²) in [7, 11) is 3.19. The third kappa shape index (κ3) is 2.75. The van der Waals surface area contributed by atoms with E-state index >= 15 is 0 Å². The van der Waals surface area contributed by atoms with Gasteiger partial charge in [-0.05, 0) is 23.3 Å². The zero-order chi connectivity index (χ0) is 16.4. The Morgan fingerprint density at radius 1 is 1.04 bits per heavy atom. The minimum absolute atomic E-state index is 0.0337. The Hall–Kier alpha value is -2.53. The van der Waals surface area contributed by atoms with E-state index in [1.165, 1.54) is 0 Å². The van der Waals surface area contributed by atoms with Crippen molar-refractivity contribution in [2.75, 3.05) is 14.2 Å². The average molecular weight is 312 g/mol. The molecule has 2 aromatic rings. The van der Waals surface area contributed by atoms with Crippen LogP contribution in [0.25, 0.3) is 0 Å². The number of hydrogen-bond donors (Lipinski definition) is 1. The summed E-state index contributed by atoms with van der Waals surface area (Å²) >= 11 is 0. The Morgan fingerprint density at radius 2 is 1.74 bits per heavy atom. The first-order valence-corrected chi connectivity index (χ1v) is 7.47. The lowest BCUT2D eigenvalue weighted by Gasteiger charge is -2.46. The Balaban J connectivity index is 1.87. The summed E-state index contributed by atoms with van der Waals surface area (Å²) in [5.41, 5.74) is 8.07. The number of benzene rings is 2. The molecule has 1 amide bonds. The van der Waals surface area contributed by atoms with Crippen LogP contribution >= 0.6 is 0 Å². The number of methoxy groups -OCH3 is 2. The minimum Gasteiger partial charge on any atom is -0.493 e. The molecule has 2 atom stereocenters. The van der Waals surface area contributed by atoms with Crippen molar-refractivity contribution in [1.29, 1.82) is 0 Å². The van der Waals surface area contributed by atoms with Gasteiger partial charge in [-0.15, -0.1) is 0 Å². The summed E-state index contributed by atoms with van der Waals surface area (Å²) in [6, 6.07) is 14.9. The van der Waals surface area contributed by atoms with Crippen LogP contribution in [0.3, 0.4) is 0 Å². The van der Waals surface area contributed by atoms with Gasteiger partial charge < -0.3 is 20.1 Å². The molecule has 120 valence electrons. The van der Waals surface area contributed by atoms with Crippen LogP contribution in [0.2, 0.25) is 0 Å². The molecule has 23 heavy (non-hydrogen) atoms. The van der Waals surface area contributed by atoms with Gasteiger partial charge >= 0.3 is 0 Å². The fraction of sp³-hybridized carbons (Fsp3) is 0.278. The lowest BCUT2D eigenvalue weighted by molar-refractivity contribution is -0.150. The highest BCUT2D eigenvalue weighted by atomic mass is 16.5. The molecule has 0 bridgehead atoms. The number of β-lactam (4-membered cyclic amide) rings is 1. The topological polar surface area (TPSA) is 64.8 Å². The summed E-state index contributed by atoms with van der Waals surface area (Å²) in [4.78, 5) is 14.0. The minimum atomic E-state index is -0.517. The number of likely N-dealkylation sites (tertiary alicyclic amines) is 1. The Bertz CT molecular complexity index is 703. The quantitative estimate of drug-likeness (QED) is 0.859. The van der Waals surface area contributed by atoms with E-state index < -0.39 is 6.04 Å². The van der Waals surface area contributed by atoms with Gasteiger partial charge in [-0.25, -0.2) is 0 Å². The van der Waals surface area contributed by atoms with Crippen molar-refractivity contribution in [3.05, 3.63) is 59.7 Å². The molecule has 3 rings (SSSR count). The molecule has 0 saturated carbocycles. The molecule has 1 aliphatic rings. The van der Waals surface area contributed by atoms with E-state index in [1.807, 2.05) is 48.5 Å². The second-order valence-electron chi connectivity index (χ2n) is 5.54. The highest BCUT2D eigenvalue weighted by molar-refractivity contribution is 5.89. The van der Waals surface area contributed by atoms with Crippen LogP contribution in [0.15, 0.2) is 48.5 Å². The first-order chi connectivity index (χ1) is 11.2. The van der Waals surface area contributed by atoms with Crippen molar-refractivity contribution in [3.8, 4) is 11.5 Å². The van der Waals surface area contributed by atoms with Gasteiger partial charge in [-0.2, -0.15) is 0 Å². The molecule has 2 aromatic carbocycles. The third-order valence-corrected chi connectivity index (χ3v) is 4.19. The molecule has 1 aliphatic heterocycles. The number of rotatable bonds is 5. The van der Waals surface area contributed by atoms with Gasteiger partial charge in [0.15, 0.2) is 11.5 Å². The lowest BCUT2D eigenvalue weighted by atomic mass is 9.88. The summed E-state index contributed by atoms with van der Waals surface area (Å²) in [6.07, 6.45) is 0. The molecule has 1 saturated heterocycles. The molecule has 1 heterocycles. The van der Waals surface area contributed by atoms with Crippen LogP contribution in [0, 0.1) is 0 Å². The van der Waals surface area contributed by atoms with Gasteiger partial charge in [0.1, 0.15) is 6.04 Å². The molecule has 5 heteroatoms. The fourth-order valence-corrected chi connectivity index (χ4v) is 2.96. The third-order valence-electron chi connectivity index (χ3n) is 4.19. The Morgan fingerprint density at radius 3 is 2.39 bits per heavy atom. The van der Waals surface area contributed by atoms with E-state index in [0.29, 0.717) is 18.0 Å². The molecule has 0 spiro atoms. The van der Waals surface area contributed by atoms with E-state index in [-0.39, 0.29) is 11.9 Å². The molecule has 5 nitrogen and oxygen atoms in total. The van der Waals surface area contributed by atoms with E-state index in [4.69, 9.17) is 15.2 Å². The number of amides is 1. The smallest absolute Gasteiger partial charge is 0.242 e. The maximum Gasteiger partial charge on any atom is 0.242 e. The molecule has 2 N–H and O–H groups in total. The summed E-state index contributed by atoms with van der Waals surface area (Å²) < 4.78 is 10.6. The highest BCUT2D eigenvalue weighted by Gasteiger charge is 2.45. The van der Waals surface area contributed by atoms with Crippen LogP contribution in [0.1, 0.15) is 17.2 Å². The maximum absolute atomic E-state index is 12.2. The van der Waals surface area contributed by atoms with Gasteiger partial charge in [0.05, 0.1) is 20.3 Å². The molecule has 0 unspecified atom stereocenters. The van der Waals surface area contributed by atoms with Crippen molar-refractivity contribution in [2.24, 2.45) is 5.73 Å². The second kappa shape index (κ2) is 6.30. The second-order valence-corrected chi connectivity index (χ2v) is 5.54. The van der Waals surface area contributed by atoms with Crippen molar-refractivity contribution >= 4 is 5.91 Å². The molecular formula is C18H20N2O3. The molecule has 0 aromatic heterocycles. The van der Waals surface area contributed by atoms with Crippen molar-refractivity contribution in [2.45, 2.75) is 18.6 Å². The lowest BCUT2D eigenvalue weighted by Crippen LogP contribution is -2.62. The van der Waals surface area contributed by atoms with Crippen LogP contribution in [0.5, 0.6) is 11.5 Å². The first kappa shape index (κ1) is 15.4. The van der Waals surface area contributed by atoms with Crippen LogP contribution in [0.4, 0.5) is 0 Å². The zero-order valence-electron chi connectivity index (χ0n) is 13.2. The van der Waals surface area contributed by atoms with Gasteiger partial charge in [-0.3, -0.25) is 4.79 Å². The number of nitrogens with two attached hydrogens (primary N) is 1. The predicted octanol–water partition coefficient (Wildman–Crippen LogP) is 2.11. The average Bonchev–Trinajstić information content (AvgIpc) is 2.61. The Kier molecular flexibility index (Phi) is 4.21. The molecule has 0 radical (unpaired) electrons. The van der Waals surface area contributed by atoms with Crippen LogP contribution in [-0.2, 0) is 11.3 Å². The van der Waals surface area contributed by atoms with Crippen LogP contribution < -0.4 is 15.2 Å². The highest BCUT2D eigenvalue weighted by Crippen LogP contribution is 2.38. The van der Waals surface area contributed by atoms with Crippen LogP contribution in [-0.4, -0.2) is 31.1 Å². The maximum atomic E-state index is 12.2. The van der Waals surface area contributed by atoms with E-state index in [1.54, 1.807) is 19.1 Å². The van der Waals surface area contributed by atoms with Crippen molar-refractivity contribution in [3.63, 3.8) is 0 Å². The summed E-state index contributed by atoms with van der Waals surface area (Å²) in [5.74, 6) is 1.26. The normalized spacial score (nSPS) is 20.1. The van der Waals surface area contributed by atoms with Gasteiger partial charge in [-0.1, -0.05) is 36.4 Å². The number of ether oxygens (including phenoxy) is 2. The van der Waals surface area contributed by atoms with Gasteiger partial charge in [0.2, 0.25) is 5.91 Å². The molecule has 0 aliphatic carbocycles. The first-order valence-electron chi connectivity index (χ1n) is 7.47.